The maximum absolute atomic E-state index is 11.8. The van der Waals surface area contributed by atoms with Crippen LogP contribution in [0.25, 0.3) is 11.5 Å². The number of nitrogens with zero attached hydrogens (tertiary/aromatic N) is 3. The van der Waals surface area contributed by atoms with Gasteiger partial charge < -0.3 is 14.6 Å². The molecule has 2 aromatic rings. The molecule has 7 heteroatoms. The third-order valence-electron chi connectivity index (χ3n) is 3.30. The molecule has 0 bridgehead atoms. The van der Waals surface area contributed by atoms with Crippen LogP contribution in [0, 0.1) is 5.92 Å². The zero-order chi connectivity index (χ0) is 14.5. The Bertz CT molecular complexity index is 593. The molecule has 2 aromatic heterocycles. The van der Waals surface area contributed by atoms with Crippen molar-refractivity contribution in [2.45, 2.75) is 12.8 Å². The number of aromatic nitrogens is 3. The van der Waals surface area contributed by atoms with Crippen molar-refractivity contribution in [1.29, 1.82) is 0 Å². The van der Waals surface area contributed by atoms with Gasteiger partial charge in [0.15, 0.2) is 0 Å². The second-order valence-electron chi connectivity index (χ2n) is 4.83. The molecule has 1 aliphatic rings. The van der Waals surface area contributed by atoms with Crippen molar-refractivity contribution in [1.82, 2.24) is 20.4 Å². The molecule has 0 aliphatic carbocycles. The van der Waals surface area contributed by atoms with E-state index in [9.17, 15) is 4.79 Å². The summed E-state index contributed by atoms with van der Waals surface area (Å²) in [6, 6.07) is 5.51. The summed E-state index contributed by atoms with van der Waals surface area (Å²) in [4.78, 5) is 20.2. The fourth-order valence-electron chi connectivity index (χ4n) is 2.13. The Morgan fingerprint density at radius 2 is 2.38 bits per heavy atom. The Morgan fingerprint density at radius 3 is 3.14 bits per heavy atom. The number of nitrogens with one attached hydrogen (secondary N) is 1. The van der Waals surface area contributed by atoms with Gasteiger partial charge in [0.05, 0.1) is 12.5 Å². The number of hydrogen-bond donors (Lipinski definition) is 1. The van der Waals surface area contributed by atoms with Gasteiger partial charge in [-0.3, -0.25) is 9.78 Å². The molecular weight excluding hydrogens is 272 g/mol. The number of hydrogen-bond acceptors (Lipinski definition) is 6. The van der Waals surface area contributed by atoms with Gasteiger partial charge in [0, 0.05) is 25.8 Å². The first kappa shape index (κ1) is 13.7. The third kappa shape index (κ3) is 3.43. The van der Waals surface area contributed by atoms with E-state index in [4.69, 9.17) is 9.26 Å². The molecule has 7 nitrogen and oxygen atoms in total. The molecule has 3 rings (SSSR count). The molecule has 1 amide bonds. The van der Waals surface area contributed by atoms with Crippen LogP contribution in [0.5, 0.6) is 0 Å². The average Bonchev–Trinajstić information content (AvgIpc) is 3.20. The zero-order valence-electron chi connectivity index (χ0n) is 11.5. The quantitative estimate of drug-likeness (QED) is 0.876. The summed E-state index contributed by atoms with van der Waals surface area (Å²) >= 11 is 0. The van der Waals surface area contributed by atoms with Gasteiger partial charge in [-0.1, -0.05) is 11.2 Å². The van der Waals surface area contributed by atoms with E-state index >= 15 is 0 Å². The lowest BCUT2D eigenvalue weighted by Crippen LogP contribution is -2.32. The highest BCUT2D eigenvalue weighted by Gasteiger charge is 2.23. The molecule has 1 N–H and O–H groups in total. The topological polar surface area (TPSA) is 90.1 Å². The van der Waals surface area contributed by atoms with E-state index in [1.54, 1.807) is 6.20 Å². The second kappa shape index (κ2) is 6.45. The number of rotatable bonds is 5. The van der Waals surface area contributed by atoms with Crippen molar-refractivity contribution in [2.24, 2.45) is 5.92 Å². The Labute approximate surface area is 121 Å². The fourth-order valence-corrected chi connectivity index (χ4v) is 2.13. The summed E-state index contributed by atoms with van der Waals surface area (Å²) in [5.41, 5.74) is 0.666. The van der Waals surface area contributed by atoms with Gasteiger partial charge in [-0.05, 0) is 18.6 Å². The molecular formula is C14H16N4O3. The predicted molar refractivity (Wildman–Crippen MR) is 73.2 cm³/mol. The van der Waals surface area contributed by atoms with E-state index in [-0.39, 0.29) is 11.8 Å². The largest absolute Gasteiger partial charge is 0.381 e. The summed E-state index contributed by atoms with van der Waals surface area (Å²) < 4.78 is 10.3. The highest BCUT2D eigenvalue weighted by Crippen LogP contribution is 2.13. The average molecular weight is 288 g/mol. The molecule has 0 aromatic carbocycles. The van der Waals surface area contributed by atoms with E-state index in [0.29, 0.717) is 43.6 Å². The number of pyridine rings is 1. The summed E-state index contributed by atoms with van der Waals surface area (Å²) in [6.07, 6.45) is 2.96. The lowest BCUT2D eigenvalue weighted by atomic mass is 10.1. The molecule has 1 saturated heterocycles. The SMILES string of the molecule is O=C(NCCc1nc(-c2ccccn2)no1)C1CCOC1. The second-order valence-corrected chi connectivity index (χ2v) is 4.83. The minimum absolute atomic E-state index is 0.0250. The summed E-state index contributed by atoms with van der Waals surface area (Å²) in [6.45, 7) is 1.64. The molecule has 0 saturated carbocycles. The maximum atomic E-state index is 11.8. The Kier molecular flexibility index (Phi) is 4.20. The van der Waals surface area contributed by atoms with Gasteiger partial charge in [0.2, 0.25) is 17.6 Å². The molecule has 0 radical (unpaired) electrons. The Hall–Kier alpha value is -2.28. The minimum atomic E-state index is -0.0308. The Balaban J connectivity index is 1.50. The molecule has 110 valence electrons. The van der Waals surface area contributed by atoms with Crippen LogP contribution in [0.15, 0.2) is 28.9 Å². The lowest BCUT2D eigenvalue weighted by molar-refractivity contribution is -0.124. The van der Waals surface area contributed by atoms with E-state index < -0.39 is 0 Å². The first-order valence-corrected chi connectivity index (χ1v) is 6.92. The molecule has 1 unspecified atom stereocenters. The van der Waals surface area contributed by atoms with Crippen molar-refractivity contribution in [2.75, 3.05) is 19.8 Å². The van der Waals surface area contributed by atoms with Crippen molar-refractivity contribution in [3.05, 3.63) is 30.3 Å². The summed E-state index contributed by atoms with van der Waals surface area (Å²) in [5, 5.41) is 6.74. The van der Waals surface area contributed by atoms with Crippen LogP contribution in [0.4, 0.5) is 0 Å². The summed E-state index contributed by atoms with van der Waals surface area (Å²) in [7, 11) is 0. The van der Waals surface area contributed by atoms with Crippen LogP contribution >= 0.6 is 0 Å². The molecule has 1 fully saturated rings. The fraction of sp³-hybridized carbons (Fsp3) is 0.429. The predicted octanol–water partition coefficient (Wildman–Crippen LogP) is 0.827. The van der Waals surface area contributed by atoms with Gasteiger partial charge in [0.1, 0.15) is 5.69 Å². The van der Waals surface area contributed by atoms with Gasteiger partial charge in [-0.2, -0.15) is 4.98 Å². The van der Waals surface area contributed by atoms with E-state index in [0.717, 1.165) is 6.42 Å². The van der Waals surface area contributed by atoms with Gasteiger partial charge in [0.25, 0.3) is 0 Å². The smallest absolute Gasteiger partial charge is 0.228 e. The maximum Gasteiger partial charge on any atom is 0.228 e. The van der Waals surface area contributed by atoms with Crippen molar-refractivity contribution in [3.63, 3.8) is 0 Å². The highest BCUT2D eigenvalue weighted by molar-refractivity contribution is 5.78. The van der Waals surface area contributed by atoms with E-state index in [1.807, 2.05) is 18.2 Å². The molecule has 0 spiro atoms. The molecule has 3 heterocycles. The molecule has 21 heavy (non-hydrogen) atoms. The van der Waals surface area contributed by atoms with Crippen molar-refractivity contribution >= 4 is 5.91 Å². The standard InChI is InChI=1S/C14H16N4O3/c19-14(10-5-8-20-9-10)16-7-4-12-17-13(18-21-12)11-3-1-2-6-15-11/h1-3,6,10H,4-5,7-9H2,(H,16,19). The van der Waals surface area contributed by atoms with Crippen LogP contribution in [0.2, 0.25) is 0 Å². The number of carbonyl (C=O) groups excluding carboxylic acids is 1. The van der Waals surface area contributed by atoms with Crippen LogP contribution in [0.1, 0.15) is 12.3 Å². The number of carbonyl (C=O) groups is 1. The number of amides is 1. The summed E-state index contributed by atoms with van der Waals surface area (Å²) in [5.74, 6) is 0.938. The van der Waals surface area contributed by atoms with Gasteiger partial charge in [-0.25, -0.2) is 0 Å². The minimum Gasteiger partial charge on any atom is -0.381 e. The van der Waals surface area contributed by atoms with Crippen molar-refractivity contribution in [3.8, 4) is 11.5 Å². The van der Waals surface area contributed by atoms with Crippen LogP contribution in [-0.2, 0) is 16.0 Å². The molecule has 1 atom stereocenters. The third-order valence-corrected chi connectivity index (χ3v) is 3.30. The van der Waals surface area contributed by atoms with E-state index in [1.165, 1.54) is 0 Å². The van der Waals surface area contributed by atoms with Crippen molar-refractivity contribution < 1.29 is 14.1 Å². The van der Waals surface area contributed by atoms with Crippen LogP contribution in [-0.4, -0.2) is 40.8 Å². The Morgan fingerprint density at radius 1 is 1.43 bits per heavy atom. The zero-order valence-corrected chi connectivity index (χ0v) is 11.5. The molecule has 1 aliphatic heterocycles. The first-order valence-electron chi connectivity index (χ1n) is 6.92. The van der Waals surface area contributed by atoms with Gasteiger partial charge >= 0.3 is 0 Å². The monoisotopic (exact) mass is 288 g/mol. The van der Waals surface area contributed by atoms with E-state index in [2.05, 4.69) is 20.4 Å². The normalized spacial score (nSPS) is 17.8. The number of ether oxygens (including phenoxy) is 1. The van der Waals surface area contributed by atoms with Crippen LogP contribution < -0.4 is 5.32 Å². The van der Waals surface area contributed by atoms with Gasteiger partial charge in [-0.15, -0.1) is 0 Å². The highest BCUT2D eigenvalue weighted by atomic mass is 16.5. The lowest BCUT2D eigenvalue weighted by Gasteiger charge is -2.07. The first-order chi connectivity index (χ1) is 10.3. The van der Waals surface area contributed by atoms with Crippen LogP contribution in [0.3, 0.4) is 0 Å².